The SMILES string of the molecule is [CH](c1nnn[nH]1)c1nnn[nH]1. The smallest absolute Gasteiger partial charge is 0.160 e. The van der Waals surface area contributed by atoms with E-state index in [4.69, 9.17) is 0 Å². The van der Waals surface area contributed by atoms with Gasteiger partial charge in [-0.3, -0.25) is 0 Å². The van der Waals surface area contributed by atoms with Crippen LogP contribution in [-0.2, 0) is 0 Å². The molecule has 0 atom stereocenters. The van der Waals surface area contributed by atoms with Gasteiger partial charge in [-0.25, -0.2) is 10.2 Å². The van der Waals surface area contributed by atoms with E-state index in [9.17, 15) is 0 Å². The zero-order valence-electron chi connectivity index (χ0n) is 5.26. The number of rotatable bonds is 2. The predicted octanol–water partition coefficient (Wildman–Crippen LogP) is -1.69. The number of tetrazole rings is 2. The first-order valence-corrected chi connectivity index (χ1v) is 2.77. The van der Waals surface area contributed by atoms with E-state index in [2.05, 4.69) is 41.2 Å². The molecule has 0 spiro atoms. The number of aromatic nitrogens is 8. The molecular weight excluding hydrogens is 148 g/mol. The molecule has 2 rings (SSSR count). The molecule has 0 aliphatic rings. The lowest BCUT2D eigenvalue weighted by molar-refractivity contribution is 0.881. The molecule has 0 aliphatic heterocycles. The Morgan fingerprint density at radius 1 is 0.909 bits per heavy atom. The van der Waals surface area contributed by atoms with Gasteiger partial charge >= 0.3 is 0 Å². The van der Waals surface area contributed by atoms with Crippen molar-refractivity contribution in [3.8, 4) is 0 Å². The van der Waals surface area contributed by atoms with Crippen LogP contribution in [0.1, 0.15) is 11.6 Å². The summed E-state index contributed by atoms with van der Waals surface area (Å²) in [5.74, 6) is 1.01. The number of H-pyrrole nitrogens is 2. The second kappa shape index (κ2) is 2.40. The van der Waals surface area contributed by atoms with Crippen LogP contribution < -0.4 is 0 Å². The fourth-order valence-corrected chi connectivity index (χ4v) is 0.585. The molecule has 55 valence electrons. The Hall–Kier alpha value is -1.86. The molecular formula is C3H3N8. The van der Waals surface area contributed by atoms with Crippen molar-refractivity contribution in [2.45, 2.75) is 0 Å². The lowest BCUT2D eigenvalue weighted by Crippen LogP contribution is -1.90. The van der Waals surface area contributed by atoms with E-state index in [1.54, 1.807) is 6.42 Å². The lowest BCUT2D eigenvalue weighted by atomic mass is 10.4. The highest BCUT2D eigenvalue weighted by Crippen LogP contribution is 1.95. The summed E-state index contributed by atoms with van der Waals surface area (Å²) < 4.78 is 0. The van der Waals surface area contributed by atoms with E-state index in [0.29, 0.717) is 11.6 Å². The van der Waals surface area contributed by atoms with E-state index in [-0.39, 0.29) is 0 Å². The summed E-state index contributed by atoms with van der Waals surface area (Å²) >= 11 is 0. The number of aromatic amines is 2. The van der Waals surface area contributed by atoms with Gasteiger partial charge in [-0.2, -0.15) is 0 Å². The average Bonchev–Trinajstić information content (AvgIpc) is 2.60. The standard InChI is InChI=1S/C3H3N8/c1(2-4-8-9-5-2)3-6-10-11-7-3/h1H,(H,4,5,8,9)(H,6,7,10,11). The molecule has 0 fully saturated rings. The van der Waals surface area contributed by atoms with Crippen molar-refractivity contribution < 1.29 is 0 Å². The van der Waals surface area contributed by atoms with Crippen LogP contribution in [0.15, 0.2) is 0 Å². The Labute approximate surface area is 60.4 Å². The van der Waals surface area contributed by atoms with Gasteiger partial charge in [0.2, 0.25) is 0 Å². The van der Waals surface area contributed by atoms with E-state index in [1.807, 2.05) is 0 Å². The molecule has 2 aromatic heterocycles. The average molecular weight is 151 g/mol. The van der Waals surface area contributed by atoms with E-state index < -0.39 is 0 Å². The topological polar surface area (TPSA) is 109 Å². The molecule has 2 N–H and O–H groups in total. The Kier molecular flexibility index (Phi) is 1.29. The highest BCUT2D eigenvalue weighted by atomic mass is 15.5. The molecule has 8 heteroatoms. The molecule has 2 aromatic rings. The third-order valence-corrected chi connectivity index (χ3v) is 0.997. The molecule has 0 bridgehead atoms. The summed E-state index contributed by atoms with van der Waals surface area (Å²) in [4.78, 5) is 0. The lowest BCUT2D eigenvalue weighted by Gasteiger charge is -1.83. The molecule has 0 saturated heterocycles. The number of nitrogens with one attached hydrogen (secondary N) is 2. The second-order valence-corrected chi connectivity index (χ2v) is 1.72. The maximum atomic E-state index is 3.60. The van der Waals surface area contributed by atoms with Gasteiger partial charge in [0.05, 0.1) is 6.42 Å². The Morgan fingerprint density at radius 2 is 1.45 bits per heavy atom. The van der Waals surface area contributed by atoms with Crippen LogP contribution >= 0.6 is 0 Å². The van der Waals surface area contributed by atoms with Gasteiger partial charge < -0.3 is 0 Å². The van der Waals surface area contributed by atoms with E-state index in [0.717, 1.165) is 0 Å². The summed E-state index contributed by atoms with van der Waals surface area (Å²) in [6.07, 6.45) is 1.58. The zero-order valence-corrected chi connectivity index (χ0v) is 5.26. The summed E-state index contributed by atoms with van der Waals surface area (Å²) in [5, 5.41) is 25.7. The van der Waals surface area contributed by atoms with Crippen molar-refractivity contribution in [3.63, 3.8) is 0 Å². The fourth-order valence-electron chi connectivity index (χ4n) is 0.585. The van der Waals surface area contributed by atoms with Gasteiger partial charge in [-0.05, 0) is 20.9 Å². The molecule has 0 saturated carbocycles. The minimum Gasteiger partial charge on any atom is -0.242 e. The normalized spacial score (nSPS) is 10.2. The Morgan fingerprint density at radius 3 is 1.82 bits per heavy atom. The van der Waals surface area contributed by atoms with Crippen LogP contribution in [0.5, 0.6) is 0 Å². The van der Waals surface area contributed by atoms with Crippen LogP contribution in [0.25, 0.3) is 0 Å². The van der Waals surface area contributed by atoms with Crippen molar-refractivity contribution in [3.05, 3.63) is 18.1 Å². The molecule has 0 amide bonds. The summed E-state index contributed by atoms with van der Waals surface area (Å²) in [5.41, 5.74) is 0. The predicted molar refractivity (Wildman–Crippen MR) is 30.9 cm³/mol. The maximum absolute atomic E-state index is 3.60. The van der Waals surface area contributed by atoms with Crippen LogP contribution in [0.4, 0.5) is 0 Å². The third-order valence-electron chi connectivity index (χ3n) is 0.997. The summed E-state index contributed by atoms with van der Waals surface area (Å²) in [6.45, 7) is 0. The van der Waals surface area contributed by atoms with Gasteiger partial charge in [0.15, 0.2) is 11.6 Å². The minimum atomic E-state index is 0.503. The first-order chi connectivity index (χ1) is 5.45. The monoisotopic (exact) mass is 151 g/mol. The molecule has 1 radical (unpaired) electrons. The maximum Gasteiger partial charge on any atom is 0.160 e. The van der Waals surface area contributed by atoms with Gasteiger partial charge in [-0.1, -0.05) is 0 Å². The first kappa shape index (κ1) is 5.89. The molecule has 0 aromatic carbocycles. The molecule has 0 unspecified atom stereocenters. The third kappa shape index (κ3) is 1.18. The van der Waals surface area contributed by atoms with E-state index in [1.165, 1.54) is 0 Å². The molecule has 2 heterocycles. The second-order valence-electron chi connectivity index (χ2n) is 1.72. The first-order valence-electron chi connectivity index (χ1n) is 2.77. The zero-order chi connectivity index (χ0) is 7.52. The van der Waals surface area contributed by atoms with Gasteiger partial charge in [-0.15, -0.1) is 10.2 Å². The highest BCUT2D eigenvalue weighted by molar-refractivity contribution is 5.11. The number of nitrogens with zero attached hydrogens (tertiary/aromatic N) is 6. The minimum absolute atomic E-state index is 0.503. The Bertz CT molecular complexity index is 262. The van der Waals surface area contributed by atoms with Crippen molar-refractivity contribution in [2.75, 3.05) is 0 Å². The summed E-state index contributed by atoms with van der Waals surface area (Å²) in [6, 6.07) is 0. The number of hydrogen-bond donors (Lipinski definition) is 2. The van der Waals surface area contributed by atoms with Crippen molar-refractivity contribution in [1.29, 1.82) is 0 Å². The Balaban J connectivity index is 2.14. The van der Waals surface area contributed by atoms with Crippen LogP contribution in [0.3, 0.4) is 0 Å². The van der Waals surface area contributed by atoms with Crippen LogP contribution in [0.2, 0.25) is 0 Å². The largest absolute Gasteiger partial charge is 0.242 e. The highest BCUT2D eigenvalue weighted by Gasteiger charge is 2.02. The van der Waals surface area contributed by atoms with Crippen LogP contribution in [0, 0.1) is 6.42 Å². The molecule has 8 nitrogen and oxygen atoms in total. The van der Waals surface area contributed by atoms with Gasteiger partial charge in [0.1, 0.15) is 0 Å². The quantitative estimate of drug-likeness (QED) is 0.530. The van der Waals surface area contributed by atoms with Gasteiger partial charge in [0, 0.05) is 0 Å². The van der Waals surface area contributed by atoms with Crippen LogP contribution in [-0.4, -0.2) is 41.2 Å². The van der Waals surface area contributed by atoms with Crippen molar-refractivity contribution in [2.24, 2.45) is 0 Å². The number of hydrogen-bond acceptors (Lipinski definition) is 6. The van der Waals surface area contributed by atoms with Crippen molar-refractivity contribution >= 4 is 0 Å². The van der Waals surface area contributed by atoms with E-state index >= 15 is 0 Å². The molecule has 0 aliphatic carbocycles. The summed E-state index contributed by atoms with van der Waals surface area (Å²) in [7, 11) is 0. The molecule has 11 heavy (non-hydrogen) atoms. The van der Waals surface area contributed by atoms with Crippen molar-refractivity contribution in [1.82, 2.24) is 41.2 Å². The fraction of sp³-hybridized carbons (Fsp3) is 0. The van der Waals surface area contributed by atoms with Gasteiger partial charge in [0.25, 0.3) is 0 Å².